The lowest BCUT2D eigenvalue weighted by Gasteiger charge is -2.47. The minimum absolute atomic E-state index is 0.0745. The van der Waals surface area contributed by atoms with Gasteiger partial charge in [0.1, 0.15) is 5.82 Å². The predicted octanol–water partition coefficient (Wildman–Crippen LogP) is 3.00. The van der Waals surface area contributed by atoms with Crippen LogP contribution in [0.5, 0.6) is 0 Å². The van der Waals surface area contributed by atoms with Gasteiger partial charge in [-0.1, -0.05) is 6.07 Å². The number of piperidine rings is 2. The van der Waals surface area contributed by atoms with Gasteiger partial charge in [0.15, 0.2) is 6.29 Å². The molecule has 0 bridgehead atoms. The predicted molar refractivity (Wildman–Crippen MR) is 113 cm³/mol. The van der Waals surface area contributed by atoms with Crippen LogP contribution in [0.25, 0.3) is 0 Å². The van der Waals surface area contributed by atoms with E-state index in [4.69, 9.17) is 9.47 Å². The number of nitrogens with zero attached hydrogens (tertiary/aromatic N) is 2. The molecule has 1 N–H and O–H groups in total. The van der Waals surface area contributed by atoms with Crippen LogP contribution in [-0.4, -0.2) is 50.4 Å². The highest BCUT2D eigenvalue weighted by molar-refractivity contribution is 6.00. The van der Waals surface area contributed by atoms with Crippen molar-refractivity contribution in [3.8, 4) is 0 Å². The van der Waals surface area contributed by atoms with Gasteiger partial charge in [-0.05, 0) is 62.0 Å². The Labute approximate surface area is 178 Å². The second-order valence-electron chi connectivity index (χ2n) is 9.12. The van der Waals surface area contributed by atoms with Crippen molar-refractivity contribution >= 4 is 17.6 Å². The van der Waals surface area contributed by atoms with Crippen molar-refractivity contribution in [3.05, 3.63) is 23.9 Å². The zero-order valence-corrected chi connectivity index (χ0v) is 18.1. The quantitative estimate of drug-likeness (QED) is 0.588. The molecule has 30 heavy (non-hydrogen) atoms. The molecule has 164 valence electrons. The molecule has 7 heteroatoms. The number of imide groups is 1. The van der Waals surface area contributed by atoms with E-state index in [1.807, 2.05) is 12.1 Å². The molecule has 7 nitrogen and oxygen atoms in total. The summed E-state index contributed by atoms with van der Waals surface area (Å²) in [4.78, 5) is 30.4. The number of amides is 2. The average Bonchev–Trinajstić information content (AvgIpc) is 2.77. The molecule has 2 saturated heterocycles. The summed E-state index contributed by atoms with van der Waals surface area (Å²) < 4.78 is 10.9. The lowest BCUT2D eigenvalue weighted by atomic mass is 9.65. The maximum atomic E-state index is 12.1. The molecule has 1 spiro atoms. The number of carbonyl (C=O) groups excluding carboxylic acids is 2. The third kappa shape index (κ3) is 4.37. The fourth-order valence-electron chi connectivity index (χ4n) is 5.52. The SMILES string of the molecule is COC(OC)C1CCC2(CC1)CCN(c1ccc(C3CCC(=O)NC3=O)cn1)CC2. The van der Waals surface area contributed by atoms with Gasteiger partial charge in [-0.25, -0.2) is 4.98 Å². The van der Waals surface area contributed by atoms with Gasteiger partial charge in [0.05, 0.1) is 5.92 Å². The first-order chi connectivity index (χ1) is 14.5. The fourth-order valence-corrected chi connectivity index (χ4v) is 5.52. The topological polar surface area (TPSA) is 80.8 Å². The molecule has 1 aromatic rings. The van der Waals surface area contributed by atoms with Crippen molar-refractivity contribution < 1.29 is 19.1 Å². The third-order valence-electron chi connectivity index (χ3n) is 7.50. The van der Waals surface area contributed by atoms with Gasteiger partial charge in [0.2, 0.25) is 11.8 Å². The number of rotatable bonds is 5. The molecule has 2 amide bonds. The van der Waals surface area contributed by atoms with E-state index in [9.17, 15) is 9.59 Å². The van der Waals surface area contributed by atoms with Crippen molar-refractivity contribution in [2.45, 2.75) is 63.6 Å². The Hall–Kier alpha value is -1.99. The molecule has 1 unspecified atom stereocenters. The first-order valence-corrected chi connectivity index (χ1v) is 11.1. The monoisotopic (exact) mass is 415 g/mol. The highest BCUT2D eigenvalue weighted by atomic mass is 16.7. The molecule has 1 atom stereocenters. The van der Waals surface area contributed by atoms with E-state index < -0.39 is 0 Å². The molecule has 0 aromatic carbocycles. The maximum Gasteiger partial charge on any atom is 0.234 e. The van der Waals surface area contributed by atoms with E-state index in [-0.39, 0.29) is 24.0 Å². The van der Waals surface area contributed by atoms with Crippen LogP contribution in [0.4, 0.5) is 5.82 Å². The molecule has 3 heterocycles. The fraction of sp³-hybridized carbons (Fsp3) is 0.696. The van der Waals surface area contributed by atoms with Gasteiger partial charge >= 0.3 is 0 Å². The number of anilines is 1. The summed E-state index contributed by atoms with van der Waals surface area (Å²) in [5.74, 6) is 0.822. The van der Waals surface area contributed by atoms with Crippen molar-refractivity contribution in [1.82, 2.24) is 10.3 Å². The molecule has 0 radical (unpaired) electrons. The first-order valence-electron chi connectivity index (χ1n) is 11.1. The summed E-state index contributed by atoms with van der Waals surface area (Å²) >= 11 is 0. The Morgan fingerprint density at radius 1 is 1.07 bits per heavy atom. The Morgan fingerprint density at radius 2 is 1.77 bits per heavy atom. The minimum Gasteiger partial charge on any atom is -0.357 e. The van der Waals surface area contributed by atoms with Crippen LogP contribution in [-0.2, 0) is 19.1 Å². The second-order valence-corrected chi connectivity index (χ2v) is 9.12. The van der Waals surface area contributed by atoms with Crippen LogP contribution in [0.2, 0.25) is 0 Å². The summed E-state index contributed by atoms with van der Waals surface area (Å²) in [6.45, 7) is 2.04. The molecule has 3 aliphatic rings. The van der Waals surface area contributed by atoms with E-state index >= 15 is 0 Å². The highest BCUT2D eigenvalue weighted by Gasteiger charge is 2.40. The van der Waals surface area contributed by atoms with Crippen molar-refractivity contribution in [1.29, 1.82) is 0 Å². The van der Waals surface area contributed by atoms with Gasteiger partial charge in [0.25, 0.3) is 0 Å². The normalized spacial score (nSPS) is 25.0. The summed E-state index contributed by atoms with van der Waals surface area (Å²) in [6.07, 6.45) is 9.91. The zero-order valence-electron chi connectivity index (χ0n) is 18.1. The number of carbonyl (C=O) groups is 2. The van der Waals surface area contributed by atoms with E-state index in [0.29, 0.717) is 24.2 Å². The van der Waals surface area contributed by atoms with Crippen LogP contribution in [0.3, 0.4) is 0 Å². The Bertz CT molecular complexity index is 744. The number of pyridine rings is 1. The number of methoxy groups -OCH3 is 2. The van der Waals surface area contributed by atoms with Crippen LogP contribution < -0.4 is 10.2 Å². The summed E-state index contributed by atoms with van der Waals surface area (Å²) in [7, 11) is 3.46. The largest absolute Gasteiger partial charge is 0.357 e. The van der Waals surface area contributed by atoms with Crippen LogP contribution in [0.15, 0.2) is 18.3 Å². The Morgan fingerprint density at radius 3 is 2.33 bits per heavy atom. The molecular formula is C23H33N3O4. The number of hydrogen-bond donors (Lipinski definition) is 1. The summed E-state index contributed by atoms with van der Waals surface area (Å²) in [5.41, 5.74) is 1.34. The lowest BCUT2D eigenvalue weighted by Crippen LogP contribution is -2.43. The molecule has 3 fully saturated rings. The first kappa shape index (κ1) is 21.2. The number of aromatic nitrogens is 1. The summed E-state index contributed by atoms with van der Waals surface area (Å²) in [5, 5.41) is 2.42. The molecule has 1 aromatic heterocycles. The van der Waals surface area contributed by atoms with Crippen LogP contribution in [0, 0.1) is 11.3 Å². The minimum atomic E-state index is -0.271. The van der Waals surface area contributed by atoms with Gasteiger partial charge in [0, 0.05) is 45.8 Å². The third-order valence-corrected chi connectivity index (χ3v) is 7.50. The van der Waals surface area contributed by atoms with Gasteiger partial charge in [-0.3, -0.25) is 14.9 Å². The zero-order chi connectivity index (χ0) is 21.1. The van der Waals surface area contributed by atoms with Crippen molar-refractivity contribution in [3.63, 3.8) is 0 Å². The number of ether oxygens (including phenoxy) is 2. The van der Waals surface area contributed by atoms with Crippen LogP contribution in [0.1, 0.15) is 62.8 Å². The van der Waals surface area contributed by atoms with E-state index in [1.165, 1.54) is 38.5 Å². The Balaban J connectivity index is 1.31. The molecule has 1 aliphatic carbocycles. The smallest absolute Gasteiger partial charge is 0.234 e. The number of hydrogen-bond acceptors (Lipinski definition) is 6. The molecule has 2 aliphatic heterocycles. The Kier molecular flexibility index (Phi) is 6.39. The van der Waals surface area contributed by atoms with E-state index in [2.05, 4.69) is 15.2 Å². The van der Waals surface area contributed by atoms with E-state index in [1.54, 1.807) is 20.4 Å². The maximum absolute atomic E-state index is 12.1. The van der Waals surface area contributed by atoms with Gasteiger partial charge in [-0.15, -0.1) is 0 Å². The summed E-state index contributed by atoms with van der Waals surface area (Å²) in [6, 6.07) is 4.02. The molecule has 1 saturated carbocycles. The molecule has 4 rings (SSSR count). The van der Waals surface area contributed by atoms with Crippen LogP contribution >= 0.6 is 0 Å². The lowest BCUT2D eigenvalue weighted by molar-refractivity contribution is -0.150. The van der Waals surface area contributed by atoms with Gasteiger partial charge < -0.3 is 14.4 Å². The average molecular weight is 416 g/mol. The van der Waals surface area contributed by atoms with Crippen molar-refractivity contribution in [2.75, 3.05) is 32.2 Å². The standard InChI is InChI=1S/C23H33N3O4/c1-29-22(30-2)16-7-9-23(10-8-16)11-13-26(14-12-23)19-5-3-17(15-24-19)18-4-6-20(27)25-21(18)28/h3,5,15-16,18,22H,4,6-14H2,1-2H3,(H,25,27,28). The van der Waals surface area contributed by atoms with Crippen molar-refractivity contribution in [2.24, 2.45) is 11.3 Å². The highest BCUT2D eigenvalue weighted by Crippen LogP contribution is 2.47. The molecular weight excluding hydrogens is 382 g/mol. The van der Waals surface area contributed by atoms with E-state index in [0.717, 1.165) is 24.5 Å². The van der Waals surface area contributed by atoms with Gasteiger partial charge in [-0.2, -0.15) is 0 Å². The second kappa shape index (κ2) is 9.02. The number of nitrogens with one attached hydrogen (secondary N) is 1.